The molecule has 0 bridgehead atoms. The summed E-state index contributed by atoms with van der Waals surface area (Å²) in [6, 6.07) is 2.67. The Hall–Kier alpha value is -1.14. The molecule has 5 nitrogen and oxygen atoms in total. The lowest BCUT2D eigenvalue weighted by molar-refractivity contribution is 0.0697. The summed E-state index contributed by atoms with van der Waals surface area (Å²) in [6.07, 6.45) is 0. The van der Waals surface area contributed by atoms with Crippen LogP contribution in [0.5, 0.6) is 0 Å². The second-order valence-corrected chi connectivity index (χ2v) is 5.48. The Labute approximate surface area is 107 Å². The van der Waals surface area contributed by atoms with Gasteiger partial charge in [-0.3, -0.25) is 4.21 Å². The Morgan fingerprint density at radius 1 is 1.59 bits per heavy atom. The minimum Gasteiger partial charge on any atom is -0.478 e. The van der Waals surface area contributed by atoms with Crippen LogP contribution in [0.3, 0.4) is 0 Å². The highest BCUT2D eigenvalue weighted by Gasteiger charge is 2.07. The molecule has 0 spiro atoms. The number of pyridine rings is 1. The van der Waals surface area contributed by atoms with E-state index in [0.717, 1.165) is 0 Å². The summed E-state index contributed by atoms with van der Waals surface area (Å²) in [4.78, 5) is 14.7. The fourth-order valence-corrected chi connectivity index (χ4v) is 1.98. The Kier molecular flexibility index (Phi) is 5.37. The summed E-state index contributed by atoms with van der Waals surface area (Å²) in [6.45, 7) is 2.31. The van der Waals surface area contributed by atoms with Crippen molar-refractivity contribution in [3.05, 3.63) is 22.8 Å². The van der Waals surface area contributed by atoms with Crippen LogP contribution in [0.4, 0.5) is 5.82 Å². The van der Waals surface area contributed by atoms with Crippen molar-refractivity contribution in [2.75, 3.05) is 23.4 Å². The van der Waals surface area contributed by atoms with Gasteiger partial charge in [0.1, 0.15) is 11.0 Å². The molecule has 94 valence electrons. The van der Waals surface area contributed by atoms with E-state index in [1.165, 1.54) is 12.1 Å². The van der Waals surface area contributed by atoms with Gasteiger partial charge in [0.05, 0.1) is 5.56 Å². The van der Waals surface area contributed by atoms with Crippen molar-refractivity contribution in [1.29, 1.82) is 0 Å². The van der Waals surface area contributed by atoms with Gasteiger partial charge in [0.25, 0.3) is 0 Å². The lowest BCUT2D eigenvalue weighted by Gasteiger charge is -2.06. The summed E-state index contributed by atoms with van der Waals surface area (Å²) >= 11 is 5.69. The van der Waals surface area contributed by atoms with Gasteiger partial charge in [-0.25, -0.2) is 9.78 Å². The predicted molar refractivity (Wildman–Crippen MR) is 68.2 cm³/mol. The van der Waals surface area contributed by atoms with Crippen LogP contribution >= 0.6 is 11.6 Å². The molecule has 0 aliphatic rings. The van der Waals surface area contributed by atoms with Crippen molar-refractivity contribution in [2.24, 2.45) is 0 Å². The number of carbonyl (C=O) groups is 1. The van der Waals surface area contributed by atoms with E-state index >= 15 is 0 Å². The smallest absolute Gasteiger partial charge is 0.335 e. The van der Waals surface area contributed by atoms with Gasteiger partial charge in [0, 0.05) is 28.9 Å². The quantitative estimate of drug-likeness (QED) is 0.772. The number of nitrogens with one attached hydrogen (secondary N) is 1. The standard InChI is InChI=1S/C10H13ClN2O3S/c1-2-17(16)4-3-12-9-6-7(10(14)15)5-8(11)13-9/h5-6H,2-4H2,1H3,(H,12,13)(H,14,15). The normalized spacial score (nSPS) is 12.1. The molecule has 17 heavy (non-hydrogen) atoms. The highest BCUT2D eigenvalue weighted by Crippen LogP contribution is 2.14. The largest absolute Gasteiger partial charge is 0.478 e. The minimum atomic E-state index is -1.06. The van der Waals surface area contributed by atoms with Crippen molar-refractivity contribution in [3.63, 3.8) is 0 Å². The van der Waals surface area contributed by atoms with Gasteiger partial charge < -0.3 is 10.4 Å². The number of anilines is 1. The molecule has 0 aliphatic heterocycles. The molecule has 0 saturated heterocycles. The number of hydrogen-bond donors (Lipinski definition) is 2. The molecule has 2 N–H and O–H groups in total. The number of hydrogen-bond acceptors (Lipinski definition) is 4. The molecule has 0 aliphatic carbocycles. The van der Waals surface area contributed by atoms with E-state index in [1.807, 2.05) is 6.92 Å². The first-order chi connectivity index (χ1) is 8.02. The molecule has 0 radical (unpaired) electrons. The molecule has 0 amide bonds. The maximum absolute atomic E-state index is 11.2. The third-order valence-corrected chi connectivity index (χ3v) is 3.50. The lowest BCUT2D eigenvalue weighted by atomic mass is 10.2. The van der Waals surface area contributed by atoms with E-state index in [9.17, 15) is 9.00 Å². The van der Waals surface area contributed by atoms with E-state index in [1.54, 1.807) is 0 Å². The van der Waals surface area contributed by atoms with Gasteiger partial charge >= 0.3 is 5.97 Å². The van der Waals surface area contributed by atoms with Crippen LogP contribution in [0, 0.1) is 0 Å². The summed E-state index contributed by atoms with van der Waals surface area (Å²) in [7, 11) is -0.860. The van der Waals surface area contributed by atoms with Gasteiger partial charge in [-0.2, -0.15) is 0 Å². The summed E-state index contributed by atoms with van der Waals surface area (Å²) in [5, 5.41) is 11.8. The summed E-state index contributed by atoms with van der Waals surface area (Å²) < 4.78 is 11.2. The van der Waals surface area contributed by atoms with Crippen LogP contribution in [-0.4, -0.2) is 38.3 Å². The van der Waals surface area contributed by atoms with E-state index < -0.39 is 16.8 Å². The van der Waals surface area contributed by atoms with Crippen molar-refractivity contribution in [3.8, 4) is 0 Å². The topological polar surface area (TPSA) is 79.3 Å². The lowest BCUT2D eigenvalue weighted by Crippen LogP contribution is -2.13. The zero-order valence-corrected chi connectivity index (χ0v) is 10.8. The zero-order chi connectivity index (χ0) is 12.8. The predicted octanol–water partition coefficient (Wildman–Crippen LogP) is 1.61. The van der Waals surface area contributed by atoms with Crippen molar-refractivity contribution < 1.29 is 14.1 Å². The van der Waals surface area contributed by atoms with Crippen LogP contribution in [-0.2, 0) is 10.8 Å². The van der Waals surface area contributed by atoms with E-state index in [2.05, 4.69) is 10.3 Å². The Morgan fingerprint density at radius 2 is 2.29 bits per heavy atom. The average Bonchev–Trinajstić information content (AvgIpc) is 2.28. The van der Waals surface area contributed by atoms with E-state index in [4.69, 9.17) is 16.7 Å². The molecule has 1 heterocycles. The molecule has 0 aromatic carbocycles. The van der Waals surface area contributed by atoms with Crippen molar-refractivity contribution in [1.82, 2.24) is 4.98 Å². The highest BCUT2D eigenvalue weighted by atomic mass is 35.5. The van der Waals surface area contributed by atoms with Gasteiger partial charge in [-0.15, -0.1) is 0 Å². The molecule has 0 fully saturated rings. The van der Waals surface area contributed by atoms with Gasteiger partial charge in [0.15, 0.2) is 0 Å². The van der Waals surface area contributed by atoms with Crippen LogP contribution in [0.15, 0.2) is 12.1 Å². The Bertz CT molecular complexity index is 440. The number of carboxylic acids is 1. The number of aromatic nitrogens is 1. The molecule has 1 aromatic rings. The molecular weight excluding hydrogens is 264 g/mol. The first kappa shape index (κ1) is 13.9. The first-order valence-electron chi connectivity index (χ1n) is 5.02. The fraction of sp³-hybridized carbons (Fsp3) is 0.400. The van der Waals surface area contributed by atoms with E-state index in [0.29, 0.717) is 23.9 Å². The SMILES string of the molecule is CCS(=O)CCNc1cc(C(=O)O)cc(Cl)n1. The minimum absolute atomic E-state index is 0.0733. The Morgan fingerprint density at radius 3 is 2.88 bits per heavy atom. The molecule has 1 aromatic heterocycles. The molecule has 1 atom stereocenters. The molecule has 0 saturated carbocycles. The summed E-state index contributed by atoms with van der Waals surface area (Å²) in [5.74, 6) is 0.412. The second kappa shape index (κ2) is 6.56. The van der Waals surface area contributed by atoms with Crippen molar-refractivity contribution in [2.45, 2.75) is 6.92 Å². The van der Waals surface area contributed by atoms with Gasteiger partial charge in [-0.1, -0.05) is 18.5 Å². The van der Waals surface area contributed by atoms with Crippen LogP contribution in [0.2, 0.25) is 5.15 Å². The number of nitrogens with zero attached hydrogens (tertiary/aromatic N) is 1. The number of halogens is 1. The number of rotatable bonds is 6. The van der Waals surface area contributed by atoms with Crippen molar-refractivity contribution >= 4 is 34.2 Å². The summed E-state index contributed by atoms with van der Waals surface area (Å²) in [5.41, 5.74) is 0.0733. The zero-order valence-electron chi connectivity index (χ0n) is 9.27. The maximum Gasteiger partial charge on any atom is 0.335 e. The molecule has 7 heteroatoms. The molecule has 1 rings (SSSR count). The second-order valence-electron chi connectivity index (χ2n) is 3.23. The van der Waals surface area contributed by atoms with Crippen LogP contribution < -0.4 is 5.32 Å². The molecule has 1 unspecified atom stereocenters. The Balaban J connectivity index is 2.65. The maximum atomic E-state index is 11.2. The number of carboxylic acid groups (broad SMARTS) is 1. The third kappa shape index (κ3) is 4.70. The first-order valence-corrected chi connectivity index (χ1v) is 6.89. The number of aromatic carboxylic acids is 1. The molecular formula is C10H13ClN2O3S. The fourth-order valence-electron chi connectivity index (χ4n) is 1.15. The average molecular weight is 277 g/mol. The van der Waals surface area contributed by atoms with Crippen LogP contribution in [0.25, 0.3) is 0 Å². The van der Waals surface area contributed by atoms with Gasteiger partial charge in [0.2, 0.25) is 0 Å². The third-order valence-electron chi connectivity index (χ3n) is 2.00. The monoisotopic (exact) mass is 276 g/mol. The van der Waals surface area contributed by atoms with Crippen LogP contribution in [0.1, 0.15) is 17.3 Å². The highest BCUT2D eigenvalue weighted by molar-refractivity contribution is 7.84. The van der Waals surface area contributed by atoms with E-state index in [-0.39, 0.29) is 10.7 Å². The van der Waals surface area contributed by atoms with Gasteiger partial charge in [-0.05, 0) is 12.1 Å².